The second-order valence-corrected chi connectivity index (χ2v) is 6.30. The smallest absolute Gasteiger partial charge is 0.178 e. The molecule has 126 valence electrons. The van der Waals surface area contributed by atoms with Gasteiger partial charge in [0.1, 0.15) is 17.3 Å². The summed E-state index contributed by atoms with van der Waals surface area (Å²) in [5.74, 6) is -0.174. The molecular weight excluding hydrogens is 306 g/mol. The van der Waals surface area contributed by atoms with Crippen LogP contribution >= 0.6 is 0 Å². The molecule has 24 heavy (non-hydrogen) atoms. The Morgan fingerprint density at radius 2 is 2.12 bits per heavy atom. The quantitative estimate of drug-likeness (QED) is 0.740. The van der Waals surface area contributed by atoms with E-state index in [1.54, 1.807) is 24.3 Å². The van der Waals surface area contributed by atoms with E-state index in [1.165, 1.54) is 7.11 Å². The summed E-state index contributed by atoms with van der Waals surface area (Å²) in [7, 11) is 1.53. The van der Waals surface area contributed by atoms with Gasteiger partial charge in [-0.25, -0.2) is 0 Å². The lowest BCUT2D eigenvalue weighted by Crippen LogP contribution is -2.41. The first-order chi connectivity index (χ1) is 11.4. The summed E-state index contributed by atoms with van der Waals surface area (Å²) in [5, 5.41) is 23.9. The summed E-state index contributed by atoms with van der Waals surface area (Å²) in [6.07, 6.45) is 7.41. The van der Waals surface area contributed by atoms with Crippen molar-refractivity contribution in [3.63, 3.8) is 0 Å². The van der Waals surface area contributed by atoms with Gasteiger partial charge >= 0.3 is 0 Å². The number of carbonyl (C=O) groups excluding carboxylic acids is 1. The third-order valence-corrected chi connectivity index (χ3v) is 4.42. The summed E-state index contributed by atoms with van der Waals surface area (Å²) >= 11 is 0. The van der Waals surface area contributed by atoms with Gasteiger partial charge in [-0.15, -0.1) is 0 Å². The van der Waals surface area contributed by atoms with E-state index < -0.39 is 12.0 Å². The van der Waals surface area contributed by atoms with Crippen LogP contribution in [0.15, 0.2) is 41.7 Å². The molecule has 0 saturated heterocycles. The highest BCUT2D eigenvalue weighted by atomic mass is 16.5. The van der Waals surface area contributed by atoms with Crippen LogP contribution in [0.3, 0.4) is 0 Å². The first-order valence-corrected chi connectivity index (χ1v) is 7.88. The molecule has 5 nitrogen and oxygen atoms in total. The van der Waals surface area contributed by atoms with Gasteiger partial charge in [0, 0.05) is 11.6 Å². The first kappa shape index (κ1) is 16.2. The van der Waals surface area contributed by atoms with Gasteiger partial charge < -0.3 is 20.3 Å². The van der Waals surface area contributed by atoms with Crippen molar-refractivity contribution >= 4 is 11.5 Å². The van der Waals surface area contributed by atoms with Crippen LogP contribution in [0.1, 0.15) is 29.8 Å². The minimum atomic E-state index is -0.530. The van der Waals surface area contributed by atoms with Crippen molar-refractivity contribution in [2.45, 2.75) is 26.3 Å². The Kier molecular flexibility index (Phi) is 4.09. The van der Waals surface area contributed by atoms with Gasteiger partial charge in [-0.05, 0) is 26.3 Å². The molecule has 1 aromatic rings. The molecule has 0 amide bonds. The monoisotopic (exact) mass is 327 g/mol. The molecule has 3 N–H and O–H groups in total. The van der Waals surface area contributed by atoms with Crippen molar-refractivity contribution in [1.82, 2.24) is 0 Å². The molecule has 0 fully saturated rings. The second kappa shape index (κ2) is 6.07. The Hall–Kier alpha value is -2.69. The molecule has 0 aromatic heterocycles. The number of carbonyl (C=O) groups is 1. The maximum absolute atomic E-state index is 12.9. The van der Waals surface area contributed by atoms with E-state index in [0.29, 0.717) is 23.4 Å². The van der Waals surface area contributed by atoms with Crippen LogP contribution in [0.25, 0.3) is 0 Å². The summed E-state index contributed by atoms with van der Waals surface area (Å²) in [5.41, 5.74) is 2.44. The zero-order chi connectivity index (χ0) is 17.4. The lowest BCUT2D eigenvalue weighted by atomic mass is 9.81. The predicted octanol–water partition coefficient (Wildman–Crippen LogP) is 3.51. The number of Topliss-reactive ketones (excluding diaryl/α,β-unsaturated/α-hetero) is 1. The average molecular weight is 327 g/mol. The molecular formula is C19H21NO4. The van der Waals surface area contributed by atoms with E-state index >= 15 is 0 Å². The number of hydrogen-bond donors (Lipinski definition) is 3. The van der Waals surface area contributed by atoms with Crippen LogP contribution in [-0.2, 0) is 6.42 Å². The standard InChI is InChI=1S/C19H21NO4/c1-10(2)7-8-11-15(24-3)9-13-16(18(11)22)19(23)12-5-4-6-14(21)17(12)20-13/h4-7,9,12,17,20-22H,8H2,1-3H3. The van der Waals surface area contributed by atoms with Crippen molar-refractivity contribution in [1.29, 1.82) is 0 Å². The second-order valence-electron chi connectivity index (χ2n) is 6.30. The van der Waals surface area contributed by atoms with Crippen molar-refractivity contribution in [3.8, 4) is 11.5 Å². The van der Waals surface area contributed by atoms with Crippen LogP contribution in [0.2, 0.25) is 0 Å². The normalized spacial score (nSPS) is 21.3. The number of phenolic OH excluding ortho intramolecular Hbond substituents is 1. The molecule has 0 saturated carbocycles. The molecule has 0 spiro atoms. The molecule has 2 aliphatic rings. The maximum atomic E-state index is 12.9. The highest BCUT2D eigenvalue weighted by Crippen LogP contribution is 2.43. The molecule has 2 atom stereocenters. The van der Waals surface area contributed by atoms with Crippen LogP contribution in [-0.4, -0.2) is 29.1 Å². The number of ether oxygens (including phenoxy) is 1. The number of hydrogen-bond acceptors (Lipinski definition) is 5. The zero-order valence-corrected chi connectivity index (χ0v) is 14.0. The number of ketones is 1. The topological polar surface area (TPSA) is 78.8 Å². The lowest BCUT2D eigenvalue weighted by molar-refractivity contribution is 0.0921. The van der Waals surface area contributed by atoms with E-state index in [2.05, 4.69) is 5.32 Å². The minimum absolute atomic E-state index is 0.0553. The number of rotatable bonds is 3. The van der Waals surface area contributed by atoms with Gasteiger partial charge in [-0.3, -0.25) is 4.79 Å². The average Bonchev–Trinajstić information content (AvgIpc) is 2.54. The Bertz CT molecular complexity index is 785. The van der Waals surface area contributed by atoms with Crippen LogP contribution in [0, 0.1) is 5.92 Å². The lowest BCUT2D eigenvalue weighted by Gasteiger charge is -2.34. The van der Waals surface area contributed by atoms with Crippen LogP contribution < -0.4 is 10.1 Å². The molecule has 3 rings (SSSR count). The number of allylic oxidation sites excluding steroid dienone is 4. The third kappa shape index (κ3) is 2.56. The van der Waals surface area contributed by atoms with Crippen LogP contribution in [0.4, 0.5) is 5.69 Å². The molecule has 2 unspecified atom stereocenters. The largest absolute Gasteiger partial charge is 0.510 e. The number of aliphatic hydroxyl groups excluding tert-OH is 1. The van der Waals surface area contributed by atoms with E-state index in [9.17, 15) is 15.0 Å². The van der Waals surface area contributed by atoms with E-state index in [1.807, 2.05) is 19.9 Å². The van der Waals surface area contributed by atoms with E-state index in [4.69, 9.17) is 4.74 Å². The Labute approximate surface area is 141 Å². The Morgan fingerprint density at radius 3 is 2.79 bits per heavy atom. The summed E-state index contributed by atoms with van der Waals surface area (Å²) in [6.45, 7) is 3.95. The molecule has 1 heterocycles. The van der Waals surface area contributed by atoms with Crippen LogP contribution in [0.5, 0.6) is 11.5 Å². The van der Waals surface area contributed by atoms with Crippen molar-refractivity contribution < 1.29 is 19.7 Å². The summed E-state index contributed by atoms with van der Waals surface area (Å²) < 4.78 is 5.39. The fourth-order valence-electron chi connectivity index (χ4n) is 3.14. The third-order valence-electron chi connectivity index (χ3n) is 4.42. The predicted molar refractivity (Wildman–Crippen MR) is 92.9 cm³/mol. The van der Waals surface area contributed by atoms with Gasteiger partial charge in [0.2, 0.25) is 0 Å². The fourth-order valence-corrected chi connectivity index (χ4v) is 3.14. The van der Waals surface area contributed by atoms with E-state index in [0.717, 1.165) is 5.57 Å². The SMILES string of the molecule is COc1cc2c(c(O)c1CC=C(C)C)C(=O)C1C=CC=C(O)C1N2. The molecule has 0 radical (unpaired) electrons. The Morgan fingerprint density at radius 1 is 1.38 bits per heavy atom. The minimum Gasteiger partial charge on any atom is -0.510 e. The fraction of sp³-hybridized carbons (Fsp3) is 0.316. The van der Waals surface area contributed by atoms with Gasteiger partial charge in [0.15, 0.2) is 5.78 Å². The zero-order valence-electron chi connectivity index (χ0n) is 14.0. The summed E-state index contributed by atoms with van der Waals surface area (Å²) in [4.78, 5) is 12.9. The number of fused-ring (bicyclic) bond motifs is 2. The number of nitrogens with one attached hydrogen (secondary N) is 1. The number of aromatic hydroxyl groups is 1. The maximum Gasteiger partial charge on any atom is 0.178 e. The van der Waals surface area contributed by atoms with E-state index in [-0.39, 0.29) is 22.9 Å². The molecule has 5 heteroatoms. The molecule has 1 aliphatic carbocycles. The number of phenols is 1. The number of aliphatic hydroxyl groups is 1. The number of methoxy groups -OCH3 is 1. The number of benzene rings is 1. The van der Waals surface area contributed by atoms with Crippen molar-refractivity contribution in [2.24, 2.45) is 5.92 Å². The van der Waals surface area contributed by atoms with Crippen molar-refractivity contribution in [2.75, 3.05) is 12.4 Å². The molecule has 1 aromatic carbocycles. The highest BCUT2D eigenvalue weighted by Gasteiger charge is 2.39. The molecule has 1 aliphatic heterocycles. The Balaban J connectivity index is 2.13. The van der Waals surface area contributed by atoms with Gasteiger partial charge in [0.25, 0.3) is 0 Å². The van der Waals surface area contributed by atoms with Gasteiger partial charge in [0.05, 0.1) is 30.3 Å². The van der Waals surface area contributed by atoms with Gasteiger partial charge in [-0.2, -0.15) is 0 Å². The van der Waals surface area contributed by atoms with Gasteiger partial charge in [-0.1, -0.05) is 23.8 Å². The summed E-state index contributed by atoms with van der Waals surface area (Å²) in [6, 6.07) is 1.20. The highest BCUT2D eigenvalue weighted by molar-refractivity contribution is 6.09. The van der Waals surface area contributed by atoms with Crippen molar-refractivity contribution in [3.05, 3.63) is 52.8 Å². The molecule has 0 bridgehead atoms. The number of anilines is 1. The first-order valence-electron chi connectivity index (χ1n) is 7.88.